The monoisotopic (exact) mass is 148 g/mol. The molecule has 1 N–H and O–H groups in total. The smallest absolute Gasteiger partial charge is 0.123 e. The van der Waals surface area contributed by atoms with E-state index in [-0.39, 0.29) is 5.82 Å². The summed E-state index contributed by atoms with van der Waals surface area (Å²) in [6.07, 6.45) is 2.91. The molecule has 55 valence electrons. The zero-order chi connectivity index (χ0) is 7.84. The first-order valence-electron chi connectivity index (χ1n) is 3.43. The number of halogens is 1. The maximum Gasteiger partial charge on any atom is 0.123 e. The molecule has 0 amide bonds. The van der Waals surface area contributed by atoms with E-state index in [1.807, 2.05) is 6.92 Å². The van der Waals surface area contributed by atoms with Crippen LogP contribution in [0.4, 0.5) is 4.39 Å². The molecule has 2 heteroatoms. The molecule has 0 spiro atoms. The van der Waals surface area contributed by atoms with Crippen LogP contribution in [0.2, 0.25) is 0 Å². The van der Waals surface area contributed by atoms with E-state index in [1.54, 1.807) is 6.07 Å². The molecule has 0 aliphatic heterocycles. The molecule has 0 saturated carbocycles. The van der Waals surface area contributed by atoms with Crippen molar-refractivity contribution in [1.29, 1.82) is 0 Å². The van der Waals surface area contributed by atoms with Gasteiger partial charge in [-0.1, -0.05) is 0 Å². The lowest BCUT2D eigenvalue weighted by atomic mass is 10.2. The van der Waals surface area contributed by atoms with Gasteiger partial charge in [-0.15, -0.1) is 0 Å². The van der Waals surface area contributed by atoms with Crippen LogP contribution in [0, 0.1) is 18.9 Å². The Labute approximate surface area is 63.9 Å². The van der Waals surface area contributed by atoms with Gasteiger partial charge in [0.25, 0.3) is 0 Å². The average molecular weight is 148 g/mol. The fraction of sp³-hybridized carbons (Fsp3) is 0.111. The van der Waals surface area contributed by atoms with E-state index in [9.17, 15) is 4.39 Å². The molecular formula is C9H7FN. The number of H-pyrrole nitrogens is 1. The second-order valence-electron chi connectivity index (χ2n) is 2.56. The number of aromatic nitrogens is 1. The minimum absolute atomic E-state index is 0.200. The van der Waals surface area contributed by atoms with Crippen molar-refractivity contribution in [3.63, 3.8) is 0 Å². The molecule has 0 fully saturated rings. The van der Waals surface area contributed by atoms with Crippen LogP contribution in [0.25, 0.3) is 10.9 Å². The highest BCUT2D eigenvalue weighted by atomic mass is 19.1. The molecule has 0 aliphatic rings. The molecule has 1 heterocycles. The largest absolute Gasteiger partial charge is 0.353 e. The Morgan fingerprint density at radius 1 is 1.45 bits per heavy atom. The van der Waals surface area contributed by atoms with Gasteiger partial charge in [-0.3, -0.25) is 0 Å². The molecule has 1 nitrogen and oxygen atoms in total. The number of hydrogen-bond acceptors (Lipinski definition) is 0. The van der Waals surface area contributed by atoms with Crippen molar-refractivity contribution in [1.82, 2.24) is 4.98 Å². The summed E-state index contributed by atoms with van der Waals surface area (Å²) in [6.45, 7) is 1.90. The summed E-state index contributed by atoms with van der Waals surface area (Å²) in [6, 6.07) is 4.66. The van der Waals surface area contributed by atoms with E-state index in [1.165, 1.54) is 12.1 Å². The van der Waals surface area contributed by atoms with Crippen LogP contribution in [0.3, 0.4) is 0 Å². The number of hydrogen-bond donors (Lipinski definition) is 1. The molecule has 11 heavy (non-hydrogen) atoms. The van der Waals surface area contributed by atoms with Crippen LogP contribution < -0.4 is 0 Å². The molecule has 0 unspecified atom stereocenters. The fourth-order valence-corrected chi connectivity index (χ4v) is 1.16. The van der Waals surface area contributed by atoms with Gasteiger partial charge >= 0.3 is 0 Å². The van der Waals surface area contributed by atoms with E-state index < -0.39 is 0 Å². The van der Waals surface area contributed by atoms with Crippen LogP contribution in [0.1, 0.15) is 5.56 Å². The Balaban J connectivity index is 2.87. The minimum atomic E-state index is -0.200. The highest BCUT2D eigenvalue weighted by Gasteiger charge is 1.99. The van der Waals surface area contributed by atoms with Crippen LogP contribution in [0.15, 0.2) is 18.2 Å². The van der Waals surface area contributed by atoms with Crippen molar-refractivity contribution in [2.45, 2.75) is 6.92 Å². The minimum Gasteiger partial charge on any atom is -0.353 e. The molecule has 0 aliphatic carbocycles. The first-order valence-corrected chi connectivity index (χ1v) is 3.43. The zero-order valence-electron chi connectivity index (χ0n) is 6.11. The van der Waals surface area contributed by atoms with Crippen LogP contribution in [-0.4, -0.2) is 4.98 Å². The van der Waals surface area contributed by atoms with Gasteiger partial charge in [-0.2, -0.15) is 0 Å². The SMILES string of the molecule is Cc1[c][nH]c2ccc(F)cc12. The fourth-order valence-electron chi connectivity index (χ4n) is 1.16. The van der Waals surface area contributed by atoms with Crippen molar-refractivity contribution in [3.05, 3.63) is 35.8 Å². The van der Waals surface area contributed by atoms with Crippen molar-refractivity contribution >= 4 is 10.9 Å². The summed E-state index contributed by atoms with van der Waals surface area (Å²) in [7, 11) is 0. The summed E-state index contributed by atoms with van der Waals surface area (Å²) in [5, 5.41) is 0.907. The first kappa shape index (κ1) is 6.40. The normalized spacial score (nSPS) is 10.7. The maximum absolute atomic E-state index is 12.7. The van der Waals surface area contributed by atoms with Gasteiger partial charge in [0.15, 0.2) is 0 Å². The standard InChI is InChI=1S/C9H7FN/c1-6-5-11-9-3-2-7(10)4-8(6)9/h2-4,11H,1H3. The third-order valence-electron chi connectivity index (χ3n) is 1.77. The molecule has 1 radical (unpaired) electrons. The summed E-state index contributed by atoms with van der Waals surface area (Å²) in [4.78, 5) is 2.92. The van der Waals surface area contributed by atoms with Gasteiger partial charge in [0.1, 0.15) is 5.82 Å². The summed E-state index contributed by atoms with van der Waals surface area (Å²) in [5.41, 5.74) is 1.89. The molecule has 0 bridgehead atoms. The molecule has 1 aromatic carbocycles. The van der Waals surface area contributed by atoms with E-state index in [0.29, 0.717) is 0 Å². The van der Waals surface area contributed by atoms with E-state index in [0.717, 1.165) is 16.5 Å². The Bertz CT molecular complexity index is 389. The Morgan fingerprint density at radius 3 is 3.09 bits per heavy atom. The highest BCUT2D eigenvalue weighted by Crippen LogP contribution is 2.17. The third kappa shape index (κ3) is 0.909. The van der Waals surface area contributed by atoms with Crippen molar-refractivity contribution in [3.8, 4) is 0 Å². The lowest BCUT2D eigenvalue weighted by molar-refractivity contribution is 0.629. The maximum atomic E-state index is 12.7. The number of benzene rings is 1. The predicted octanol–water partition coefficient (Wildman–Crippen LogP) is 2.42. The van der Waals surface area contributed by atoms with Gasteiger partial charge in [-0.05, 0) is 30.7 Å². The zero-order valence-corrected chi connectivity index (χ0v) is 6.11. The van der Waals surface area contributed by atoms with Gasteiger partial charge in [0.05, 0.1) is 6.20 Å². The number of rotatable bonds is 0. The predicted molar refractivity (Wildman–Crippen MR) is 41.8 cm³/mol. The molecule has 2 rings (SSSR count). The third-order valence-corrected chi connectivity index (χ3v) is 1.77. The van der Waals surface area contributed by atoms with Gasteiger partial charge in [-0.25, -0.2) is 4.39 Å². The first-order chi connectivity index (χ1) is 5.27. The van der Waals surface area contributed by atoms with Crippen LogP contribution >= 0.6 is 0 Å². The van der Waals surface area contributed by atoms with Crippen molar-refractivity contribution in [2.75, 3.05) is 0 Å². The molecule has 1 aromatic heterocycles. The van der Waals surface area contributed by atoms with E-state index >= 15 is 0 Å². The van der Waals surface area contributed by atoms with Gasteiger partial charge < -0.3 is 4.98 Å². The summed E-state index contributed by atoms with van der Waals surface area (Å²) < 4.78 is 12.7. The number of aryl methyl sites for hydroxylation is 1. The number of nitrogens with one attached hydrogen (secondary N) is 1. The van der Waals surface area contributed by atoms with Gasteiger partial charge in [0.2, 0.25) is 0 Å². The second kappa shape index (κ2) is 2.09. The Kier molecular flexibility index (Phi) is 1.22. The summed E-state index contributed by atoms with van der Waals surface area (Å²) in [5.74, 6) is -0.200. The molecular weight excluding hydrogens is 141 g/mol. The Hall–Kier alpha value is -1.31. The molecule has 0 atom stereocenters. The number of fused-ring (bicyclic) bond motifs is 1. The average Bonchev–Trinajstić information content (AvgIpc) is 2.33. The summed E-state index contributed by atoms with van der Waals surface area (Å²) >= 11 is 0. The van der Waals surface area contributed by atoms with Gasteiger partial charge in [0, 0.05) is 10.9 Å². The highest BCUT2D eigenvalue weighted by molar-refractivity contribution is 5.82. The quantitative estimate of drug-likeness (QED) is 0.590. The van der Waals surface area contributed by atoms with E-state index in [4.69, 9.17) is 0 Å². The van der Waals surface area contributed by atoms with E-state index in [2.05, 4.69) is 11.2 Å². The van der Waals surface area contributed by atoms with Crippen LogP contribution in [-0.2, 0) is 0 Å². The van der Waals surface area contributed by atoms with Crippen LogP contribution in [0.5, 0.6) is 0 Å². The Morgan fingerprint density at radius 2 is 2.27 bits per heavy atom. The number of aromatic amines is 1. The second-order valence-corrected chi connectivity index (χ2v) is 2.56. The molecule has 0 saturated heterocycles. The lowest BCUT2D eigenvalue weighted by Crippen LogP contribution is -1.73. The lowest BCUT2D eigenvalue weighted by Gasteiger charge is -1.90. The molecule has 2 aromatic rings. The van der Waals surface area contributed by atoms with Crippen molar-refractivity contribution < 1.29 is 4.39 Å². The topological polar surface area (TPSA) is 15.8 Å². The van der Waals surface area contributed by atoms with Crippen molar-refractivity contribution in [2.24, 2.45) is 0 Å².